The zero-order valence-electron chi connectivity index (χ0n) is 10.8. The number of para-hydroxylation sites is 1. The molecule has 0 amide bonds. The predicted molar refractivity (Wildman–Crippen MR) is 83.2 cm³/mol. The first kappa shape index (κ1) is 11.5. The van der Waals surface area contributed by atoms with Crippen LogP contribution in [0.2, 0.25) is 0 Å². The first-order valence-electron chi connectivity index (χ1n) is 6.98. The fraction of sp³-hybridized carbons (Fsp3) is 0.294. The van der Waals surface area contributed by atoms with Crippen LogP contribution in [0, 0.1) is 0 Å². The Morgan fingerprint density at radius 1 is 0.895 bits per heavy atom. The van der Waals surface area contributed by atoms with Crippen LogP contribution in [0.1, 0.15) is 24.0 Å². The number of anilines is 2. The topological polar surface area (TPSA) is 3.24 Å². The van der Waals surface area contributed by atoms with Gasteiger partial charge in [-0.05, 0) is 61.1 Å². The maximum Gasteiger partial charge on any atom is 0.0446 e. The molecule has 2 aliphatic rings. The van der Waals surface area contributed by atoms with Gasteiger partial charge >= 0.3 is 0 Å². The molecule has 2 heteroatoms. The fourth-order valence-electron chi connectivity index (χ4n) is 3.52. The summed E-state index contributed by atoms with van der Waals surface area (Å²) in [6.45, 7) is 0. The van der Waals surface area contributed by atoms with Gasteiger partial charge in [0.2, 0.25) is 0 Å². The van der Waals surface area contributed by atoms with Gasteiger partial charge in [-0.2, -0.15) is 0 Å². The van der Waals surface area contributed by atoms with Crippen molar-refractivity contribution in [2.45, 2.75) is 31.7 Å². The van der Waals surface area contributed by atoms with Gasteiger partial charge < -0.3 is 4.90 Å². The van der Waals surface area contributed by atoms with Crippen molar-refractivity contribution in [2.75, 3.05) is 4.90 Å². The molecule has 0 bridgehead atoms. The summed E-state index contributed by atoms with van der Waals surface area (Å²) in [7, 11) is 0. The fourth-order valence-corrected chi connectivity index (χ4v) is 3.93. The SMILES string of the molecule is Brc1ccc2c(c1)CCC1CCc3ccccc3N21. The van der Waals surface area contributed by atoms with Gasteiger partial charge in [0, 0.05) is 21.9 Å². The van der Waals surface area contributed by atoms with Gasteiger partial charge in [0.05, 0.1) is 0 Å². The van der Waals surface area contributed by atoms with E-state index in [2.05, 4.69) is 63.3 Å². The zero-order chi connectivity index (χ0) is 12.8. The van der Waals surface area contributed by atoms with E-state index in [-0.39, 0.29) is 0 Å². The monoisotopic (exact) mass is 313 g/mol. The third-order valence-corrected chi connectivity index (χ3v) is 4.90. The van der Waals surface area contributed by atoms with Crippen molar-refractivity contribution in [3.8, 4) is 0 Å². The normalized spacial score (nSPS) is 20.5. The number of rotatable bonds is 0. The van der Waals surface area contributed by atoms with Crippen molar-refractivity contribution in [1.29, 1.82) is 0 Å². The standard InChI is InChI=1S/C17H16BrN/c18-14-7-10-17-13(11-14)6-9-15-8-5-12-3-1-2-4-16(12)19(15)17/h1-4,7,10-11,15H,5-6,8-9H2. The van der Waals surface area contributed by atoms with E-state index in [1.807, 2.05) is 0 Å². The largest absolute Gasteiger partial charge is 0.338 e. The molecule has 96 valence electrons. The molecule has 2 aromatic rings. The van der Waals surface area contributed by atoms with Crippen LogP contribution in [0.15, 0.2) is 46.9 Å². The molecule has 1 unspecified atom stereocenters. The van der Waals surface area contributed by atoms with E-state index in [1.54, 1.807) is 0 Å². The summed E-state index contributed by atoms with van der Waals surface area (Å²) in [5.41, 5.74) is 5.80. The number of hydrogen-bond acceptors (Lipinski definition) is 1. The number of fused-ring (bicyclic) bond motifs is 5. The maximum absolute atomic E-state index is 3.59. The van der Waals surface area contributed by atoms with Gasteiger partial charge in [0.1, 0.15) is 0 Å². The maximum atomic E-state index is 3.59. The Morgan fingerprint density at radius 3 is 2.53 bits per heavy atom. The zero-order valence-corrected chi connectivity index (χ0v) is 12.4. The average Bonchev–Trinajstić information content (AvgIpc) is 2.46. The predicted octanol–water partition coefficient (Wildman–Crippen LogP) is 4.85. The second kappa shape index (κ2) is 4.38. The van der Waals surface area contributed by atoms with Gasteiger partial charge in [0.25, 0.3) is 0 Å². The highest BCUT2D eigenvalue weighted by Crippen LogP contribution is 2.43. The molecule has 0 fully saturated rings. The number of benzene rings is 2. The average molecular weight is 314 g/mol. The van der Waals surface area contributed by atoms with Crippen molar-refractivity contribution >= 4 is 27.3 Å². The Balaban J connectivity index is 1.90. The van der Waals surface area contributed by atoms with Crippen LogP contribution >= 0.6 is 15.9 Å². The van der Waals surface area contributed by atoms with E-state index in [4.69, 9.17) is 0 Å². The summed E-state index contributed by atoms with van der Waals surface area (Å²) in [6, 6.07) is 16.3. The third-order valence-electron chi connectivity index (χ3n) is 4.41. The summed E-state index contributed by atoms with van der Waals surface area (Å²) in [6.07, 6.45) is 4.99. The molecular formula is C17H16BrN. The van der Waals surface area contributed by atoms with E-state index in [0.717, 1.165) is 0 Å². The summed E-state index contributed by atoms with van der Waals surface area (Å²) in [5, 5.41) is 0. The molecular weight excluding hydrogens is 298 g/mol. The first-order chi connectivity index (χ1) is 9.33. The lowest BCUT2D eigenvalue weighted by Gasteiger charge is -2.43. The molecule has 2 aromatic carbocycles. The molecule has 0 spiro atoms. The molecule has 1 atom stereocenters. The molecule has 0 aliphatic carbocycles. The van der Waals surface area contributed by atoms with Gasteiger partial charge in [0.15, 0.2) is 0 Å². The van der Waals surface area contributed by atoms with E-state index < -0.39 is 0 Å². The highest BCUT2D eigenvalue weighted by Gasteiger charge is 2.31. The van der Waals surface area contributed by atoms with E-state index in [1.165, 1.54) is 52.7 Å². The third kappa shape index (κ3) is 1.81. The summed E-state index contributed by atoms with van der Waals surface area (Å²) < 4.78 is 1.19. The van der Waals surface area contributed by atoms with Crippen LogP contribution in [-0.4, -0.2) is 6.04 Å². The number of halogens is 1. The van der Waals surface area contributed by atoms with Crippen LogP contribution in [0.25, 0.3) is 0 Å². The van der Waals surface area contributed by atoms with Crippen molar-refractivity contribution < 1.29 is 0 Å². The van der Waals surface area contributed by atoms with Crippen molar-refractivity contribution in [2.24, 2.45) is 0 Å². The van der Waals surface area contributed by atoms with Crippen LogP contribution in [0.4, 0.5) is 11.4 Å². The Kier molecular flexibility index (Phi) is 2.66. The van der Waals surface area contributed by atoms with E-state index in [9.17, 15) is 0 Å². The van der Waals surface area contributed by atoms with Crippen LogP contribution < -0.4 is 4.90 Å². The smallest absolute Gasteiger partial charge is 0.0446 e. The molecule has 0 radical (unpaired) electrons. The lowest BCUT2D eigenvalue weighted by atomic mass is 9.87. The Bertz CT molecular complexity index is 635. The summed E-state index contributed by atoms with van der Waals surface area (Å²) >= 11 is 3.59. The summed E-state index contributed by atoms with van der Waals surface area (Å²) in [4.78, 5) is 2.57. The first-order valence-corrected chi connectivity index (χ1v) is 7.78. The number of aryl methyl sites for hydroxylation is 2. The molecule has 4 rings (SSSR count). The van der Waals surface area contributed by atoms with Crippen molar-refractivity contribution in [3.05, 3.63) is 58.1 Å². The molecule has 0 saturated heterocycles. The van der Waals surface area contributed by atoms with Gasteiger partial charge in [-0.1, -0.05) is 34.1 Å². The van der Waals surface area contributed by atoms with Gasteiger partial charge in [-0.3, -0.25) is 0 Å². The molecule has 0 N–H and O–H groups in total. The molecule has 0 aromatic heterocycles. The van der Waals surface area contributed by atoms with E-state index >= 15 is 0 Å². The Hall–Kier alpha value is -1.28. The minimum absolute atomic E-state index is 0.684. The Labute approximate surface area is 122 Å². The quantitative estimate of drug-likeness (QED) is 0.672. The molecule has 2 aliphatic heterocycles. The minimum Gasteiger partial charge on any atom is -0.338 e. The second-order valence-electron chi connectivity index (χ2n) is 5.50. The van der Waals surface area contributed by atoms with Gasteiger partial charge in [-0.15, -0.1) is 0 Å². The Morgan fingerprint density at radius 2 is 1.63 bits per heavy atom. The van der Waals surface area contributed by atoms with Crippen LogP contribution in [0.5, 0.6) is 0 Å². The minimum atomic E-state index is 0.684. The molecule has 2 heterocycles. The van der Waals surface area contributed by atoms with Crippen molar-refractivity contribution in [1.82, 2.24) is 0 Å². The second-order valence-corrected chi connectivity index (χ2v) is 6.42. The van der Waals surface area contributed by atoms with Crippen LogP contribution in [-0.2, 0) is 12.8 Å². The molecule has 19 heavy (non-hydrogen) atoms. The summed E-state index contributed by atoms with van der Waals surface area (Å²) in [5.74, 6) is 0. The van der Waals surface area contributed by atoms with Crippen molar-refractivity contribution in [3.63, 3.8) is 0 Å². The lowest BCUT2D eigenvalue weighted by Crippen LogP contribution is -2.39. The number of hydrogen-bond donors (Lipinski definition) is 0. The highest BCUT2D eigenvalue weighted by molar-refractivity contribution is 9.10. The van der Waals surface area contributed by atoms with Crippen LogP contribution in [0.3, 0.4) is 0 Å². The molecule has 1 nitrogen and oxygen atoms in total. The highest BCUT2D eigenvalue weighted by atomic mass is 79.9. The van der Waals surface area contributed by atoms with Gasteiger partial charge in [-0.25, -0.2) is 0 Å². The molecule has 0 saturated carbocycles. The lowest BCUT2D eigenvalue weighted by molar-refractivity contribution is 0.518. The number of nitrogens with zero attached hydrogens (tertiary/aromatic N) is 1. The van der Waals surface area contributed by atoms with E-state index in [0.29, 0.717) is 6.04 Å².